The second-order valence-corrected chi connectivity index (χ2v) is 5.43. The van der Waals surface area contributed by atoms with Crippen LogP contribution in [0.3, 0.4) is 0 Å². The first-order valence-corrected chi connectivity index (χ1v) is 6.56. The van der Waals surface area contributed by atoms with Crippen molar-refractivity contribution < 1.29 is 17.9 Å². The van der Waals surface area contributed by atoms with Gasteiger partial charge in [-0.3, -0.25) is 0 Å². The summed E-state index contributed by atoms with van der Waals surface area (Å²) in [6, 6.07) is 2.05. The summed E-state index contributed by atoms with van der Waals surface area (Å²) in [6.45, 7) is 1.41. The second-order valence-electron chi connectivity index (χ2n) is 4.57. The minimum atomic E-state index is -1.78. The number of thiazole rings is 1. The van der Waals surface area contributed by atoms with Crippen LogP contribution >= 0.6 is 11.3 Å². The van der Waals surface area contributed by atoms with Crippen LogP contribution in [0.4, 0.5) is 13.2 Å². The molecule has 0 radical (unpaired) electrons. The molecule has 0 N–H and O–H groups in total. The highest BCUT2D eigenvalue weighted by atomic mass is 32.1. The minimum Gasteiger partial charge on any atom is -0.374 e. The predicted octanol–water partition coefficient (Wildman–Crippen LogP) is 3.59. The summed E-state index contributed by atoms with van der Waals surface area (Å²) < 4.78 is 46.9. The van der Waals surface area contributed by atoms with E-state index in [1.54, 1.807) is 12.3 Å². The summed E-state index contributed by atoms with van der Waals surface area (Å²) in [5.74, 6) is -1.60. The largest absolute Gasteiger partial charge is 0.374 e. The van der Waals surface area contributed by atoms with Crippen LogP contribution < -0.4 is 0 Å². The molecule has 0 amide bonds. The summed E-state index contributed by atoms with van der Waals surface area (Å²) in [7, 11) is 0. The highest BCUT2D eigenvalue weighted by Crippen LogP contribution is 2.37. The number of aryl methyl sites for hydroxylation is 1. The van der Waals surface area contributed by atoms with Crippen molar-refractivity contribution in [1.82, 2.24) is 4.98 Å². The molecule has 19 heavy (non-hydrogen) atoms. The third kappa shape index (κ3) is 2.04. The molecule has 1 aliphatic heterocycles. The molecule has 1 aliphatic rings. The lowest BCUT2D eigenvalue weighted by Crippen LogP contribution is -2.42. The molecule has 1 saturated heterocycles. The van der Waals surface area contributed by atoms with Gasteiger partial charge in [-0.2, -0.15) is 0 Å². The van der Waals surface area contributed by atoms with Gasteiger partial charge < -0.3 is 4.74 Å². The van der Waals surface area contributed by atoms with E-state index in [9.17, 15) is 13.2 Å². The molecule has 0 bridgehead atoms. The fourth-order valence-corrected chi connectivity index (χ4v) is 2.80. The predicted molar refractivity (Wildman–Crippen MR) is 65.8 cm³/mol. The highest BCUT2D eigenvalue weighted by molar-refractivity contribution is 7.13. The molecule has 100 valence electrons. The number of benzene rings is 1. The van der Waals surface area contributed by atoms with Crippen LogP contribution in [0.25, 0.3) is 10.6 Å². The molecule has 2 nitrogen and oxygen atoms in total. The second kappa shape index (κ2) is 4.31. The monoisotopic (exact) mass is 285 g/mol. The Bertz CT molecular complexity index is 614. The van der Waals surface area contributed by atoms with Gasteiger partial charge in [-0.1, -0.05) is 0 Å². The van der Waals surface area contributed by atoms with Gasteiger partial charge in [0.2, 0.25) is 0 Å². The number of alkyl halides is 1. The Labute approximate surface area is 111 Å². The summed E-state index contributed by atoms with van der Waals surface area (Å²) in [4.78, 5) is 4.05. The quantitative estimate of drug-likeness (QED) is 0.841. The molecule has 1 fully saturated rings. The standard InChI is InChI=1S/C13H10F3NOS/c1-7-4-19-12(17-7)11-9(14)2-8(3-10(11)15)13(16)5-18-6-13/h2-4H,5-6H2,1H3. The van der Waals surface area contributed by atoms with Gasteiger partial charge in [-0.15, -0.1) is 11.3 Å². The molecule has 2 aromatic rings. The lowest BCUT2D eigenvalue weighted by Gasteiger charge is -2.34. The average Bonchev–Trinajstić information content (AvgIpc) is 2.71. The Kier molecular flexibility index (Phi) is 2.87. The first kappa shape index (κ1) is 12.6. The van der Waals surface area contributed by atoms with Gasteiger partial charge in [-0.25, -0.2) is 18.2 Å². The molecule has 0 spiro atoms. The van der Waals surface area contributed by atoms with Gasteiger partial charge >= 0.3 is 0 Å². The zero-order chi connectivity index (χ0) is 13.6. The number of ether oxygens (including phenoxy) is 1. The van der Waals surface area contributed by atoms with Gasteiger partial charge in [0.1, 0.15) is 16.6 Å². The van der Waals surface area contributed by atoms with E-state index >= 15 is 0 Å². The summed E-state index contributed by atoms with van der Waals surface area (Å²) >= 11 is 1.15. The number of hydrogen-bond acceptors (Lipinski definition) is 3. The van der Waals surface area contributed by atoms with Crippen molar-refractivity contribution in [3.05, 3.63) is 40.4 Å². The van der Waals surface area contributed by atoms with Crippen molar-refractivity contribution in [2.45, 2.75) is 12.6 Å². The molecule has 0 saturated carbocycles. The topological polar surface area (TPSA) is 22.1 Å². The Hall–Kier alpha value is -1.40. The van der Waals surface area contributed by atoms with E-state index in [-0.39, 0.29) is 29.3 Å². The highest BCUT2D eigenvalue weighted by Gasteiger charge is 2.41. The maximum absolute atomic E-state index is 14.1. The van der Waals surface area contributed by atoms with Crippen molar-refractivity contribution in [2.24, 2.45) is 0 Å². The van der Waals surface area contributed by atoms with Gasteiger partial charge in [0.25, 0.3) is 0 Å². The fourth-order valence-electron chi connectivity index (χ4n) is 1.95. The average molecular weight is 285 g/mol. The zero-order valence-electron chi connectivity index (χ0n) is 10.0. The first-order chi connectivity index (χ1) is 8.99. The van der Waals surface area contributed by atoms with E-state index in [1.807, 2.05) is 0 Å². The molecule has 6 heteroatoms. The molecule has 1 aromatic carbocycles. The van der Waals surface area contributed by atoms with Crippen LogP contribution in [-0.4, -0.2) is 18.2 Å². The van der Waals surface area contributed by atoms with Crippen molar-refractivity contribution >= 4 is 11.3 Å². The van der Waals surface area contributed by atoms with Gasteiger partial charge in [-0.05, 0) is 24.6 Å². The summed E-state index contributed by atoms with van der Waals surface area (Å²) in [5, 5.41) is 1.97. The Balaban J connectivity index is 2.08. The van der Waals surface area contributed by atoms with Gasteiger partial charge in [0.15, 0.2) is 5.67 Å². The van der Waals surface area contributed by atoms with E-state index in [0.717, 1.165) is 23.5 Å². The van der Waals surface area contributed by atoms with E-state index in [4.69, 9.17) is 4.74 Å². The van der Waals surface area contributed by atoms with Crippen LogP contribution in [0.2, 0.25) is 0 Å². The molecule has 2 heterocycles. The van der Waals surface area contributed by atoms with E-state index < -0.39 is 17.3 Å². The molecule has 1 aromatic heterocycles. The minimum absolute atomic E-state index is 0.0224. The van der Waals surface area contributed by atoms with Crippen LogP contribution in [0.5, 0.6) is 0 Å². The zero-order valence-corrected chi connectivity index (χ0v) is 10.9. The fraction of sp³-hybridized carbons (Fsp3) is 0.308. The SMILES string of the molecule is Cc1csc(-c2c(F)cc(C3(F)COC3)cc2F)n1. The van der Waals surface area contributed by atoms with E-state index in [0.29, 0.717) is 5.69 Å². The lowest BCUT2D eigenvalue weighted by atomic mass is 9.93. The number of hydrogen-bond donors (Lipinski definition) is 0. The first-order valence-electron chi connectivity index (χ1n) is 5.68. The number of nitrogens with zero attached hydrogens (tertiary/aromatic N) is 1. The van der Waals surface area contributed by atoms with E-state index in [1.165, 1.54) is 0 Å². The number of aromatic nitrogens is 1. The van der Waals surface area contributed by atoms with Crippen LogP contribution in [-0.2, 0) is 10.4 Å². The molecule has 0 unspecified atom stereocenters. The Morgan fingerprint density at radius 2 is 1.89 bits per heavy atom. The molecular weight excluding hydrogens is 275 g/mol. The maximum Gasteiger partial charge on any atom is 0.182 e. The Morgan fingerprint density at radius 1 is 1.26 bits per heavy atom. The van der Waals surface area contributed by atoms with Crippen LogP contribution in [0.15, 0.2) is 17.5 Å². The number of rotatable bonds is 2. The third-order valence-electron chi connectivity index (χ3n) is 3.05. The lowest BCUT2D eigenvalue weighted by molar-refractivity contribution is -0.135. The van der Waals surface area contributed by atoms with Crippen molar-refractivity contribution in [1.29, 1.82) is 0 Å². The molecular formula is C13H10F3NOS. The third-order valence-corrected chi connectivity index (χ3v) is 4.03. The van der Waals surface area contributed by atoms with Gasteiger partial charge in [0, 0.05) is 11.1 Å². The van der Waals surface area contributed by atoms with Crippen molar-refractivity contribution in [3.63, 3.8) is 0 Å². The normalized spacial score (nSPS) is 17.3. The number of halogens is 3. The summed E-state index contributed by atoms with van der Waals surface area (Å²) in [6.07, 6.45) is 0. The van der Waals surface area contributed by atoms with Crippen LogP contribution in [0, 0.1) is 18.6 Å². The molecule has 3 rings (SSSR count). The van der Waals surface area contributed by atoms with E-state index in [2.05, 4.69) is 4.98 Å². The smallest absolute Gasteiger partial charge is 0.182 e. The molecule has 0 atom stereocenters. The van der Waals surface area contributed by atoms with Crippen LogP contribution in [0.1, 0.15) is 11.3 Å². The van der Waals surface area contributed by atoms with Crippen molar-refractivity contribution in [2.75, 3.05) is 13.2 Å². The molecule has 0 aliphatic carbocycles. The Morgan fingerprint density at radius 3 is 2.32 bits per heavy atom. The van der Waals surface area contributed by atoms with Crippen molar-refractivity contribution in [3.8, 4) is 10.6 Å². The summed E-state index contributed by atoms with van der Waals surface area (Å²) in [5.41, 5.74) is -1.31. The van der Waals surface area contributed by atoms with Gasteiger partial charge in [0.05, 0.1) is 18.8 Å². The maximum atomic E-state index is 14.1.